The molecular formula is C15H20FNO2. The SMILES string of the molecule is CC1(C)CCCN(Cc2ccccc2F)C1C(=O)O. The van der Waals surface area contributed by atoms with Gasteiger partial charge >= 0.3 is 5.97 Å². The van der Waals surface area contributed by atoms with Crippen LogP contribution in [0.3, 0.4) is 0 Å². The number of carboxylic acid groups (broad SMARTS) is 1. The molecule has 1 aromatic rings. The van der Waals surface area contributed by atoms with Crippen LogP contribution in [-0.4, -0.2) is 28.6 Å². The smallest absolute Gasteiger partial charge is 0.321 e. The van der Waals surface area contributed by atoms with Crippen molar-refractivity contribution in [3.63, 3.8) is 0 Å². The van der Waals surface area contributed by atoms with Gasteiger partial charge in [-0.1, -0.05) is 32.0 Å². The van der Waals surface area contributed by atoms with Crippen molar-refractivity contribution in [1.29, 1.82) is 0 Å². The second-order valence-corrected chi connectivity index (χ2v) is 5.89. The summed E-state index contributed by atoms with van der Waals surface area (Å²) in [7, 11) is 0. The van der Waals surface area contributed by atoms with Crippen LogP contribution in [0, 0.1) is 11.2 Å². The minimum atomic E-state index is -0.818. The minimum absolute atomic E-state index is 0.269. The van der Waals surface area contributed by atoms with Crippen molar-refractivity contribution >= 4 is 5.97 Å². The van der Waals surface area contributed by atoms with Crippen molar-refractivity contribution in [3.05, 3.63) is 35.6 Å². The van der Waals surface area contributed by atoms with E-state index in [9.17, 15) is 14.3 Å². The van der Waals surface area contributed by atoms with Crippen LogP contribution >= 0.6 is 0 Å². The molecule has 0 radical (unpaired) electrons. The molecule has 1 aliphatic heterocycles. The molecular weight excluding hydrogens is 245 g/mol. The van der Waals surface area contributed by atoms with Crippen LogP contribution in [0.15, 0.2) is 24.3 Å². The highest BCUT2D eigenvalue weighted by atomic mass is 19.1. The molecule has 1 heterocycles. The van der Waals surface area contributed by atoms with E-state index in [4.69, 9.17) is 0 Å². The van der Waals surface area contributed by atoms with Gasteiger partial charge in [-0.3, -0.25) is 9.69 Å². The molecule has 1 aliphatic rings. The second-order valence-electron chi connectivity index (χ2n) is 5.89. The Morgan fingerprint density at radius 3 is 2.79 bits per heavy atom. The number of carbonyl (C=O) groups is 1. The fourth-order valence-electron chi connectivity index (χ4n) is 3.00. The van der Waals surface area contributed by atoms with Crippen LogP contribution in [0.25, 0.3) is 0 Å². The average molecular weight is 265 g/mol. The largest absolute Gasteiger partial charge is 0.480 e. The molecule has 1 N–H and O–H groups in total. The Morgan fingerprint density at radius 2 is 2.16 bits per heavy atom. The fraction of sp³-hybridized carbons (Fsp3) is 0.533. The van der Waals surface area contributed by atoms with Crippen molar-refractivity contribution < 1.29 is 14.3 Å². The Labute approximate surface area is 113 Å². The molecule has 19 heavy (non-hydrogen) atoms. The summed E-state index contributed by atoms with van der Waals surface area (Å²) in [4.78, 5) is 13.4. The molecule has 1 aromatic carbocycles. The van der Waals surface area contributed by atoms with E-state index in [1.165, 1.54) is 6.07 Å². The average Bonchev–Trinajstić information content (AvgIpc) is 2.30. The number of halogens is 1. The number of benzene rings is 1. The lowest BCUT2D eigenvalue weighted by atomic mass is 9.76. The molecule has 4 heteroatoms. The van der Waals surface area contributed by atoms with E-state index in [1.54, 1.807) is 18.2 Å². The van der Waals surface area contributed by atoms with Crippen LogP contribution < -0.4 is 0 Å². The number of piperidine rings is 1. The third-order valence-corrected chi connectivity index (χ3v) is 3.94. The summed E-state index contributed by atoms with van der Waals surface area (Å²) in [6.07, 6.45) is 1.84. The molecule has 2 rings (SSSR count). The number of hydrogen-bond donors (Lipinski definition) is 1. The molecule has 0 spiro atoms. The minimum Gasteiger partial charge on any atom is -0.480 e. The summed E-state index contributed by atoms with van der Waals surface area (Å²) < 4.78 is 13.7. The Hall–Kier alpha value is -1.42. The number of likely N-dealkylation sites (tertiary alicyclic amines) is 1. The molecule has 1 atom stereocenters. The van der Waals surface area contributed by atoms with Crippen LogP contribution in [0.5, 0.6) is 0 Å². The maximum atomic E-state index is 13.7. The zero-order chi connectivity index (χ0) is 14.0. The van der Waals surface area contributed by atoms with E-state index in [0.29, 0.717) is 18.7 Å². The van der Waals surface area contributed by atoms with E-state index in [2.05, 4.69) is 0 Å². The summed E-state index contributed by atoms with van der Waals surface area (Å²) in [6.45, 7) is 5.00. The topological polar surface area (TPSA) is 40.5 Å². The first-order valence-electron chi connectivity index (χ1n) is 6.62. The molecule has 1 unspecified atom stereocenters. The van der Waals surface area contributed by atoms with Crippen LogP contribution in [0.2, 0.25) is 0 Å². The van der Waals surface area contributed by atoms with Crippen molar-refractivity contribution in [1.82, 2.24) is 4.90 Å². The van der Waals surface area contributed by atoms with E-state index in [-0.39, 0.29) is 11.2 Å². The van der Waals surface area contributed by atoms with Crippen molar-refractivity contribution in [2.24, 2.45) is 5.41 Å². The lowest BCUT2D eigenvalue weighted by Crippen LogP contribution is -2.53. The fourth-order valence-corrected chi connectivity index (χ4v) is 3.00. The van der Waals surface area contributed by atoms with Crippen molar-refractivity contribution in [3.8, 4) is 0 Å². The second kappa shape index (κ2) is 5.29. The molecule has 3 nitrogen and oxygen atoms in total. The molecule has 0 aliphatic carbocycles. The highest BCUT2D eigenvalue weighted by molar-refractivity contribution is 5.74. The molecule has 104 valence electrons. The monoisotopic (exact) mass is 265 g/mol. The number of carboxylic acids is 1. The maximum absolute atomic E-state index is 13.7. The number of nitrogens with zero attached hydrogens (tertiary/aromatic N) is 1. The molecule has 0 amide bonds. The first-order valence-corrected chi connectivity index (χ1v) is 6.62. The molecule has 0 saturated carbocycles. The lowest BCUT2D eigenvalue weighted by Gasteiger charge is -2.44. The maximum Gasteiger partial charge on any atom is 0.321 e. The highest BCUT2D eigenvalue weighted by Crippen LogP contribution is 2.36. The summed E-state index contributed by atoms with van der Waals surface area (Å²) in [5.74, 6) is -1.09. The zero-order valence-electron chi connectivity index (χ0n) is 11.4. The van der Waals surface area contributed by atoms with Crippen LogP contribution in [-0.2, 0) is 11.3 Å². The van der Waals surface area contributed by atoms with Gasteiger partial charge in [0.1, 0.15) is 11.9 Å². The molecule has 0 bridgehead atoms. The van der Waals surface area contributed by atoms with Crippen LogP contribution in [0.4, 0.5) is 4.39 Å². The van der Waals surface area contributed by atoms with Crippen molar-refractivity contribution in [2.75, 3.05) is 6.54 Å². The molecule has 1 saturated heterocycles. The Kier molecular flexibility index (Phi) is 3.90. The number of hydrogen-bond acceptors (Lipinski definition) is 2. The van der Waals surface area contributed by atoms with Gasteiger partial charge < -0.3 is 5.11 Å². The molecule has 1 fully saturated rings. The van der Waals surface area contributed by atoms with Gasteiger partial charge in [0.25, 0.3) is 0 Å². The van der Waals surface area contributed by atoms with E-state index in [0.717, 1.165) is 12.8 Å². The van der Waals surface area contributed by atoms with E-state index >= 15 is 0 Å². The highest BCUT2D eigenvalue weighted by Gasteiger charge is 2.42. The zero-order valence-corrected chi connectivity index (χ0v) is 11.4. The number of aliphatic carboxylic acids is 1. The third kappa shape index (κ3) is 2.95. The van der Waals surface area contributed by atoms with E-state index < -0.39 is 12.0 Å². The Bertz CT molecular complexity index is 473. The summed E-state index contributed by atoms with van der Waals surface area (Å²) >= 11 is 0. The normalized spacial score (nSPS) is 23.2. The predicted molar refractivity (Wildman–Crippen MR) is 71.2 cm³/mol. The summed E-state index contributed by atoms with van der Waals surface area (Å²) in [6, 6.07) is 6.01. The summed E-state index contributed by atoms with van der Waals surface area (Å²) in [5, 5.41) is 9.46. The lowest BCUT2D eigenvalue weighted by molar-refractivity contribution is -0.151. The van der Waals surface area contributed by atoms with Gasteiger partial charge in [0.2, 0.25) is 0 Å². The van der Waals surface area contributed by atoms with Gasteiger partial charge in [0, 0.05) is 12.1 Å². The van der Waals surface area contributed by atoms with Gasteiger partial charge in [0.05, 0.1) is 0 Å². The summed E-state index contributed by atoms with van der Waals surface area (Å²) in [5.41, 5.74) is 0.279. The van der Waals surface area contributed by atoms with Gasteiger partial charge in [-0.2, -0.15) is 0 Å². The van der Waals surface area contributed by atoms with Gasteiger partial charge in [-0.15, -0.1) is 0 Å². The van der Waals surface area contributed by atoms with Gasteiger partial charge in [-0.05, 0) is 30.9 Å². The predicted octanol–water partition coefficient (Wildman–Crippen LogP) is 2.90. The van der Waals surface area contributed by atoms with Crippen LogP contribution in [0.1, 0.15) is 32.3 Å². The first-order chi connectivity index (χ1) is 8.92. The third-order valence-electron chi connectivity index (χ3n) is 3.94. The first kappa shape index (κ1) is 14.0. The van der Waals surface area contributed by atoms with Crippen molar-refractivity contribution in [2.45, 2.75) is 39.3 Å². The van der Waals surface area contributed by atoms with Gasteiger partial charge in [0.15, 0.2) is 0 Å². The quantitative estimate of drug-likeness (QED) is 0.913. The molecule has 0 aromatic heterocycles. The standard InChI is InChI=1S/C15H20FNO2/c1-15(2)8-5-9-17(13(15)14(18)19)10-11-6-3-4-7-12(11)16/h3-4,6-7,13H,5,8-10H2,1-2H3,(H,18,19). The van der Waals surface area contributed by atoms with E-state index in [1.807, 2.05) is 18.7 Å². The Balaban J connectivity index is 2.23. The van der Waals surface area contributed by atoms with Gasteiger partial charge in [-0.25, -0.2) is 4.39 Å². The number of rotatable bonds is 3. The Morgan fingerprint density at radius 1 is 1.47 bits per heavy atom.